The van der Waals surface area contributed by atoms with E-state index in [1.165, 1.54) is 12.8 Å². The van der Waals surface area contributed by atoms with Crippen molar-refractivity contribution in [3.05, 3.63) is 0 Å². The molecule has 0 bridgehead atoms. The van der Waals surface area contributed by atoms with Crippen LogP contribution in [0.2, 0.25) is 0 Å². The lowest BCUT2D eigenvalue weighted by molar-refractivity contribution is -0.162. The highest BCUT2D eigenvalue weighted by Crippen LogP contribution is 2.14. The monoisotopic (exact) mass is 240 g/mol. The van der Waals surface area contributed by atoms with Crippen LogP contribution in [-0.2, 0) is 9.47 Å². The van der Waals surface area contributed by atoms with E-state index >= 15 is 0 Å². The molecule has 98 valence electrons. The van der Waals surface area contributed by atoms with E-state index in [9.17, 15) is 0 Å². The standard InChI is InChI=1S/C14H24O3/c15-11-7-4-2-1-3-5-8-12-16-14-10-6-9-13-17-14/h14-15H,3-13H2. The van der Waals surface area contributed by atoms with E-state index in [0.29, 0.717) is 0 Å². The number of rotatable bonds is 7. The van der Waals surface area contributed by atoms with E-state index < -0.39 is 0 Å². The summed E-state index contributed by atoms with van der Waals surface area (Å²) in [5.41, 5.74) is 0. The van der Waals surface area contributed by atoms with E-state index in [2.05, 4.69) is 11.8 Å². The normalized spacial score (nSPS) is 19.7. The minimum absolute atomic E-state index is 0.0411. The smallest absolute Gasteiger partial charge is 0.157 e. The van der Waals surface area contributed by atoms with Crippen LogP contribution in [0.25, 0.3) is 0 Å². The van der Waals surface area contributed by atoms with Crippen LogP contribution in [0.15, 0.2) is 0 Å². The molecule has 0 aromatic carbocycles. The molecule has 1 fully saturated rings. The van der Waals surface area contributed by atoms with Crippen molar-refractivity contribution in [1.82, 2.24) is 0 Å². The second-order valence-corrected chi connectivity index (χ2v) is 4.30. The molecule has 1 saturated heterocycles. The fourth-order valence-corrected chi connectivity index (χ4v) is 1.72. The molecular formula is C14H24O3. The van der Waals surface area contributed by atoms with Gasteiger partial charge in [-0.05, 0) is 38.5 Å². The first-order valence-corrected chi connectivity index (χ1v) is 6.73. The Kier molecular flexibility index (Phi) is 9.03. The number of ether oxygens (including phenoxy) is 2. The first-order chi connectivity index (χ1) is 8.43. The molecular weight excluding hydrogens is 216 g/mol. The van der Waals surface area contributed by atoms with Crippen molar-refractivity contribution in [3.8, 4) is 11.8 Å². The Bertz CT molecular complexity index is 223. The summed E-state index contributed by atoms with van der Waals surface area (Å²) in [6, 6.07) is 0. The molecule has 0 aromatic rings. The number of hydrogen-bond donors (Lipinski definition) is 1. The Morgan fingerprint density at radius 2 is 1.94 bits per heavy atom. The molecule has 0 aromatic heterocycles. The number of aliphatic hydroxyl groups excluding tert-OH is 1. The van der Waals surface area contributed by atoms with Crippen LogP contribution >= 0.6 is 0 Å². The number of aliphatic hydroxyl groups is 1. The summed E-state index contributed by atoms with van der Waals surface area (Å²) >= 11 is 0. The van der Waals surface area contributed by atoms with Crippen molar-refractivity contribution in [1.29, 1.82) is 0 Å². The molecule has 17 heavy (non-hydrogen) atoms. The molecule has 3 nitrogen and oxygen atoms in total. The maximum atomic E-state index is 8.57. The molecule has 1 rings (SSSR count). The summed E-state index contributed by atoms with van der Waals surface area (Å²) in [5, 5.41) is 8.57. The van der Waals surface area contributed by atoms with E-state index in [1.54, 1.807) is 0 Å². The minimum atomic E-state index is 0.0411. The van der Waals surface area contributed by atoms with Gasteiger partial charge in [-0.3, -0.25) is 0 Å². The second kappa shape index (κ2) is 10.6. The summed E-state index contributed by atoms with van der Waals surface area (Å²) in [5.74, 6) is 6.16. The first-order valence-electron chi connectivity index (χ1n) is 6.73. The maximum Gasteiger partial charge on any atom is 0.157 e. The van der Waals surface area contributed by atoms with Gasteiger partial charge in [0.15, 0.2) is 6.29 Å². The van der Waals surface area contributed by atoms with Crippen molar-refractivity contribution < 1.29 is 14.6 Å². The van der Waals surface area contributed by atoms with Gasteiger partial charge in [-0.25, -0.2) is 0 Å². The fraction of sp³-hybridized carbons (Fsp3) is 0.857. The van der Waals surface area contributed by atoms with Crippen LogP contribution in [0.3, 0.4) is 0 Å². The molecule has 0 saturated carbocycles. The van der Waals surface area contributed by atoms with Gasteiger partial charge in [0, 0.05) is 32.7 Å². The summed E-state index contributed by atoms with van der Waals surface area (Å²) in [7, 11) is 0. The van der Waals surface area contributed by atoms with Gasteiger partial charge in [0.1, 0.15) is 0 Å². The van der Waals surface area contributed by atoms with Crippen molar-refractivity contribution >= 4 is 0 Å². The minimum Gasteiger partial charge on any atom is -0.396 e. The van der Waals surface area contributed by atoms with Gasteiger partial charge < -0.3 is 14.6 Å². The Morgan fingerprint density at radius 1 is 1.12 bits per heavy atom. The third-order valence-corrected chi connectivity index (χ3v) is 2.72. The molecule has 1 aliphatic heterocycles. The van der Waals surface area contributed by atoms with E-state index in [1.807, 2.05) is 0 Å². The maximum absolute atomic E-state index is 8.57. The number of unbranched alkanes of at least 4 members (excludes halogenated alkanes) is 3. The predicted molar refractivity (Wildman–Crippen MR) is 67.5 cm³/mol. The lowest BCUT2D eigenvalue weighted by Gasteiger charge is -2.22. The van der Waals surface area contributed by atoms with Crippen LogP contribution in [-0.4, -0.2) is 31.2 Å². The van der Waals surface area contributed by atoms with Crippen LogP contribution in [0.4, 0.5) is 0 Å². The second-order valence-electron chi connectivity index (χ2n) is 4.30. The van der Waals surface area contributed by atoms with Crippen LogP contribution in [0.5, 0.6) is 0 Å². The molecule has 1 aliphatic rings. The molecule has 3 heteroatoms. The lowest BCUT2D eigenvalue weighted by atomic mass is 10.2. The van der Waals surface area contributed by atoms with Crippen LogP contribution < -0.4 is 0 Å². The molecule has 1 unspecified atom stereocenters. The molecule has 1 N–H and O–H groups in total. The third-order valence-electron chi connectivity index (χ3n) is 2.72. The van der Waals surface area contributed by atoms with Crippen molar-refractivity contribution in [2.75, 3.05) is 19.8 Å². The third kappa shape index (κ3) is 8.20. The summed E-state index contributed by atoms with van der Waals surface area (Å²) in [4.78, 5) is 0. The van der Waals surface area contributed by atoms with Gasteiger partial charge in [-0.1, -0.05) is 0 Å². The Balaban J connectivity index is 1.84. The largest absolute Gasteiger partial charge is 0.396 e. The van der Waals surface area contributed by atoms with Crippen LogP contribution in [0.1, 0.15) is 51.4 Å². The van der Waals surface area contributed by atoms with E-state index in [-0.39, 0.29) is 12.9 Å². The van der Waals surface area contributed by atoms with Crippen molar-refractivity contribution in [3.63, 3.8) is 0 Å². The van der Waals surface area contributed by atoms with E-state index in [0.717, 1.165) is 51.7 Å². The fourth-order valence-electron chi connectivity index (χ4n) is 1.72. The first kappa shape index (κ1) is 14.5. The molecule has 1 atom stereocenters. The molecule has 0 amide bonds. The van der Waals surface area contributed by atoms with E-state index in [4.69, 9.17) is 14.6 Å². The molecule has 1 heterocycles. The Labute approximate surface area is 104 Å². The quantitative estimate of drug-likeness (QED) is 0.549. The topological polar surface area (TPSA) is 38.7 Å². The summed E-state index contributed by atoms with van der Waals surface area (Å²) < 4.78 is 11.1. The zero-order valence-electron chi connectivity index (χ0n) is 10.6. The Morgan fingerprint density at radius 3 is 2.65 bits per heavy atom. The van der Waals surface area contributed by atoms with Gasteiger partial charge >= 0.3 is 0 Å². The average Bonchev–Trinajstić information content (AvgIpc) is 2.38. The zero-order valence-corrected chi connectivity index (χ0v) is 10.6. The molecule has 0 radical (unpaired) electrons. The highest BCUT2D eigenvalue weighted by molar-refractivity contribution is 4.98. The zero-order chi connectivity index (χ0) is 12.2. The molecule has 0 spiro atoms. The highest BCUT2D eigenvalue weighted by atomic mass is 16.7. The van der Waals surface area contributed by atoms with Crippen molar-refractivity contribution in [2.24, 2.45) is 0 Å². The van der Waals surface area contributed by atoms with Crippen molar-refractivity contribution in [2.45, 2.75) is 57.7 Å². The lowest BCUT2D eigenvalue weighted by Crippen LogP contribution is -2.22. The Hall–Kier alpha value is -0.560. The van der Waals surface area contributed by atoms with Gasteiger partial charge in [0.25, 0.3) is 0 Å². The van der Waals surface area contributed by atoms with Gasteiger partial charge in [-0.15, -0.1) is 11.8 Å². The SMILES string of the molecule is OCCCC#CCCCCOC1CCCCO1. The summed E-state index contributed by atoms with van der Waals surface area (Å²) in [6.07, 6.45) is 8.14. The predicted octanol–water partition coefficient (Wildman–Crippen LogP) is 2.48. The average molecular weight is 240 g/mol. The molecule has 0 aliphatic carbocycles. The summed E-state index contributed by atoms with van der Waals surface area (Å²) in [6.45, 7) is 1.87. The van der Waals surface area contributed by atoms with Crippen LogP contribution in [0, 0.1) is 11.8 Å². The number of hydrogen-bond acceptors (Lipinski definition) is 3. The highest BCUT2D eigenvalue weighted by Gasteiger charge is 2.12. The van der Waals surface area contributed by atoms with Gasteiger partial charge in [0.05, 0.1) is 0 Å². The van der Waals surface area contributed by atoms with Gasteiger partial charge in [-0.2, -0.15) is 0 Å². The van der Waals surface area contributed by atoms with Gasteiger partial charge in [0.2, 0.25) is 0 Å².